The SMILES string of the molecule is c1cc[n+]2c(c1)-c1cccn1C2. The third-order valence-corrected chi connectivity index (χ3v) is 2.34. The normalized spacial score (nSPS) is 12.7. The van der Waals surface area contributed by atoms with Crippen LogP contribution in [0.1, 0.15) is 0 Å². The Morgan fingerprint density at radius 3 is 3.17 bits per heavy atom. The summed E-state index contributed by atoms with van der Waals surface area (Å²) < 4.78 is 4.49. The molecule has 0 saturated carbocycles. The summed E-state index contributed by atoms with van der Waals surface area (Å²) >= 11 is 0. The molecule has 0 aliphatic carbocycles. The van der Waals surface area contributed by atoms with E-state index in [1.54, 1.807) is 0 Å². The monoisotopic (exact) mass is 157 g/mol. The van der Waals surface area contributed by atoms with E-state index in [0.717, 1.165) is 6.67 Å². The van der Waals surface area contributed by atoms with E-state index in [-0.39, 0.29) is 0 Å². The van der Waals surface area contributed by atoms with Crippen LogP contribution in [0.5, 0.6) is 0 Å². The maximum atomic E-state index is 2.25. The molecule has 0 saturated heterocycles. The van der Waals surface area contributed by atoms with Gasteiger partial charge in [0.05, 0.1) is 0 Å². The first-order valence-electron chi connectivity index (χ1n) is 4.09. The summed E-state index contributed by atoms with van der Waals surface area (Å²) in [4.78, 5) is 0. The van der Waals surface area contributed by atoms with Gasteiger partial charge in [-0.15, -0.1) is 0 Å². The molecule has 0 fully saturated rings. The summed E-state index contributed by atoms with van der Waals surface area (Å²) in [6.07, 6.45) is 4.23. The number of pyridine rings is 1. The minimum Gasteiger partial charge on any atom is -0.286 e. The van der Waals surface area contributed by atoms with Gasteiger partial charge in [0, 0.05) is 18.3 Å². The van der Waals surface area contributed by atoms with Gasteiger partial charge in [-0.1, -0.05) is 0 Å². The van der Waals surface area contributed by atoms with Gasteiger partial charge >= 0.3 is 0 Å². The predicted octanol–water partition coefficient (Wildman–Crippen LogP) is 1.26. The highest BCUT2D eigenvalue weighted by Crippen LogP contribution is 2.19. The van der Waals surface area contributed by atoms with Crippen molar-refractivity contribution in [3.8, 4) is 11.4 Å². The number of hydrogen-bond acceptors (Lipinski definition) is 0. The second-order valence-electron chi connectivity index (χ2n) is 3.06. The van der Waals surface area contributed by atoms with Crippen LogP contribution < -0.4 is 4.57 Å². The fraction of sp³-hybridized carbons (Fsp3) is 0.100. The van der Waals surface area contributed by atoms with Gasteiger partial charge in [0.1, 0.15) is 5.69 Å². The van der Waals surface area contributed by atoms with E-state index in [0.29, 0.717) is 0 Å². The summed E-state index contributed by atoms with van der Waals surface area (Å²) in [7, 11) is 0. The van der Waals surface area contributed by atoms with Crippen LogP contribution in [-0.4, -0.2) is 4.57 Å². The van der Waals surface area contributed by atoms with Crippen LogP contribution in [0.4, 0.5) is 0 Å². The molecule has 2 aromatic heterocycles. The van der Waals surface area contributed by atoms with Crippen molar-refractivity contribution in [3.05, 3.63) is 42.7 Å². The lowest BCUT2D eigenvalue weighted by molar-refractivity contribution is -0.682. The number of rotatable bonds is 0. The van der Waals surface area contributed by atoms with Crippen LogP contribution in [-0.2, 0) is 6.67 Å². The quantitative estimate of drug-likeness (QED) is 0.434. The third-order valence-electron chi connectivity index (χ3n) is 2.34. The molecule has 2 heteroatoms. The molecule has 2 nitrogen and oxygen atoms in total. The molecule has 0 radical (unpaired) electrons. The number of fused-ring (bicyclic) bond motifs is 3. The lowest BCUT2D eigenvalue weighted by Crippen LogP contribution is -2.32. The minimum atomic E-state index is 0.957. The fourth-order valence-electron chi connectivity index (χ4n) is 1.77. The summed E-state index contributed by atoms with van der Waals surface area (Å²) in [6, 6.07) is 10.5. The molecule has 0 amide bonds. The Balaban J connectivity index is 2.34. The molecule has 2 aromatic rings. The van der Waals surface area contributed by atoms with Gasteiger partial charge in [-0.25, -0.2) is 0 Å². The first-order valence-corrected chi connectivity index (χ1v) is 4.09. The van der Waals surface area contributed by atoms with Crippen molar-refractivity contribution in [2.24, 2.45) is 0 Å². The molecule has 0 unspecified atom stereocenters. The molecular formula is C10H9N2+. The molecule has 3 heterocycles. The van der Waals surface area contributed by atoms with Crippen LogP contribution in [0.3, 0.4) is 0 Å². The second-order valence-corrected chi connectivity index (χ2v) is 3.06. The van der Waals surface area contributed by atoms with Crippen molar-refractivity contribution >= 4 is 0 Å². The predicted molar refractivity (Wildman–Crippen MR) is 45.5 cm³/mol. The number of hydrogen-bond donors (Lipinski definition) is 0. The second kappa shape index (κ2) is 1.97. The third kappa shape index (κ3) is 0.619. The van der Waals surface area contributed by atoms with Gasteiger partial charge < -0.3 is 0 Å². The molecule has 0 N–H and O–H groups in total. The van der Waals surface area contributed by atoms with Crippen LogP contribution in [0.15, 0.2) is 42.7 Å². The van der Waals surface area contributed by atoms with Crippen molar-refractivity contribution in [1.29, 1.82) is 0 Å². The van der Waals surface area contributed by atoms with E-state index in [4.69, 9.17) is 0 Å². The van der Waals surface area contributed by atoms with Gasteiger partial charge in [-0.3, -0.25) is 4.57 Å². The highest BCUT2D eigenvalue weighted by molar-refractivity contribution is 5.52. The Labute approximate surface area is 70.7 Å². The van der Waals surface area contributed by atoms with Crippen molar-refractivity contribution in [1.82, 2.24) is 4.57 Å². The van der Waals surface area contributed by atoms with E-state index in [1.165, 1.54) is 11.4 Å². The molecule has 3 rings (SSSR count). The van der Waals surface area contributed by atoms with E-state index in [1.807, 2.05) is 0 Å². The van der Waals surface area contributed by atoms with Crippen LogP contribution >= 0.6 is 0 Å². The average molecular weight is 157 g/mol. The molecule has 0 spiro atoms. The summed E-state index contributed by atoms with van der Waals surface area (Å²) in [5.41, 5.74) is 2.62. The Hall–Kier alpha value is -1.57. The van der Waals surface area contributed by atoms with E-state index in [2.05, 4.69) is 51.9 Å². The van der Waals surface area contributed by atoms with Gasteiger partial charge in [0.15, 0.2) is 6.20 Å². The van der Waals surface area contributed by atoms with Gasteiger partial charge in [0.2, 0.25) is 12.4 Å². The molecule has 12 heavy (non-hydrogen) atoms. The largest absolute Gasteiger partial charge is 0.286 e. The van der Waals surface area contributed by atoms with Gasteiger partial charge in [-0.05, 0) is 18.2 Å². The van der Waals surface area contributed by atoms with Crippen molar-refractivity contribution in [3.63, 3.8) is 0 Å². The molecule has 0 atom stereocenters. The fourth-order valence-corrected chi connectivity index (χ4v) is 1.77. The zero-order valence-electron chi connectivity index (χ0n) is 6.64. The number of aromatic nitrogens is 2. The van der Waals surface area contributed by atoms with E-state index in [9.17, 15) is 0 Å². The molecule has 1 aliphatic heterocycles. The molecule has 0 aromatic carbocycles. The Bertz CT molecular complexity index is 429. The Morgan fingerprint density at radius 2 is 2.17 bits per heavy atom. The van der Waals surface area contributed by atoms with Crippen molar-refractivity contribution in [2.45, 2.75) is 6.67 Å². The van der Waals surface area contributed by atoms with Crippen molar-refractivity contribution in [2.75, 3.05) is 0 Å². The van der Waals surface area contributed by atoms with E-state index >= 15 is 0 Å². The molecule has 1 aliphatic rings. The molecule has 0 bridgehead atoms. The zero-order valence-corrected chi connectivity index (χ0v) is 6.64. The molecular weight excluding hydrogens is 148 g/mol. The van der Waals surface area contributed by atoms with Gasteiger partial charge in [-0.2, -0.15) is 4.57 Å². The van der Waals surface area contributed by atoms with Crippen LogP contribution in [0, 0.1) is 0 Å². The van der Waals surface area contributed by atoms with E-state index < -0.39 is 0 Å². The minimum absolute atomic E-state index is 0.957. The zero-order chi connectivity index (χ0) is 7.97. The topological polar surface area (TPSA) is 8.81 Å². The Kier molecular flexibility index (Phi) is 0.987. The summed E-state index contributed by atoms with van der Waals surface area (Å²) in [6.45, 7) is 0.957. The lowest BCUT2D eigenvalue weighted by atomic mass is 10.3. The standard InChI is InChI=1S/C10H9N2/c1-2-6-11-8-12-7-3-5-10(12)9(11)4-1/h1-7H,8H2/q+1. The highest BCUT2D eigenvalue weighted by atomic mass is 15.2. The number of nitrogens with zero attached hydrogens (tertiary/aromatic N) is 2. The highest BCUT2D eigenvalue weighted by Gasteiger charge is 2.22. The van der Waals surface area contributed by atoms with Crippen LogP contribution in [0.2, 0.25) is 0 Å². The maximum absolute atomic E-state index is 2.25. The summed E-state index contributed by atoms with van der Waals surface area (Å²) in [5, 5.41) is 0. The maximum Gasteiger partial charge on any atom is 0.230 e. The first kappa shape index (κ1) is 6.00. The Morgan fingerprint density at radius 1 is 1.17 bits per heavy atom. The van der Waals surface area contributed by atoms with Crippen LogP contribution in [0.25, 0.3) is 11.4 Å². The van der Waals surface area contributed by atoms with Gasteiger partial charge in [0.25, 0.3) is 0 Å². The molecule has 58 valence electrons. The van der Waals surface area contributed by atoms with Crippen molar-refractivity contribution < 1.29 is 4.57 Å². The summed E-state index contributed by atoms with van der Waals surface area (Å²) in [5.74, 6) is 0. The lowest BCUT2D eigenvalue weighted by Gasteiger charge is -1.88. The average Bonchev–Trinajstić information content (AvgIpc) is 2.62. The smallest absolute Gasteiger partial charge is 0.230 e. The first-order chi connectivity index (χ1) is 5.95.